The number of halogens is 2. The molecule has 144 valence electrons. The summed E-state index contributed by atoms with van der Waals surface area (Å²) in [6.07, 6.45) is 1.12. The van der Waals surface area contributed by atoms with E-state index in [1.165, 1.54) is 6.07 Å². The molecule has 0 radical (unpaired) electrons. The van der Waals surface area contributed by atoms with Crippen molar-refractivity contribution in [2.75, 3.05) is 13.1 Å². The van der Waals surface area contributed by atoms with E-state index in [-0.39, 0.29) is 30.0 Å². The number of piperidine rings is 1. The van der Waals surface area contributed by atoms with E-state index in [0.717, 1.165) is 17.0 Å². The number of hydrogen-bond donors (Lipinski definition) is 2. The predicted octanol–water partition coefficient (Wildman–Crippen LogP) is 3.26. The Bertz CT molecular complexity index is 790. The molecule has 0 unspecified atom stereocenters. The van der Waals surface area contributed by atoms with Gasteiger partial charge in [-0.2, -0.15) is 0 Å². The molecule has 5 nitrogen and oxygen atoms in total. The minimum Gasteiger partial charge on any atom is -0.352 e. The van der Waals surface area contributed by atoms with Crippen LogP contribution in [0.2, 0.25) is 0 Å². The lowest BCUT2D eigenvalue weighted by Gasteiger charge is -2.31. The van der Waals surface area contributed by atoms with Crippen molar-refractivity contribution in [3.8, 4) is 0 Å². The highest BCUT2D eigenvalue weighted by Gasteiger charge is 2.27. The molecule has 2 N–H and O–H groups in total. The number of rotatable bonds is 5. The second-order valence-corrected chi connectivity index (χ2v) is 7.49. The van der Waals surface area contributed by atoms with Gasteiger partial charge in [-0.1, -0.05) is 12.1 Å². The summed E-state index contributed by atoms with van der Waals surface area (Å²) in [5.41, 5.74) is 0.246. The van der Waals surface area contributed by atoms with Crippen LogP contribution in [0.4, 0.5) is 13.6 Å². The van der Waals surface area contributed by atoms with Crippen LogP contribution in [0.3, 0.4) is 0 Å². The largest absolute Gasteiger partial charge is 0.352 e. The van der Waals surface area contributed by atoms with Crippen LogP contribution in [0.15, 0.2) is 35.7 Å². The summed E-state index contributed by atoms with van der Waals surface area (Å²) < 4.78 is 26.5. The summed E-state index contributed by atoms with van der Waals surface area (Å²) in [6.45, 7) is 1.52. The number of amides is 3. The summed E-state index contributed by atoms with van der Waals surface area (Å²) in [4.78, 5) is 27.3. The van der Waals surface area contributed by atoms with Crippen molar-refractivity contribution < 1.29 is 18.4 Å². The number of urea groups is 1. The summed E-state index contributed by atoms with van der Waals surface area (Å²) in [5.74, 6) is -1.70. The van der Waals surface area contributed by atoms with Crippen molar-refractivity contribution in [2.24, 2.45) is 5.92 Å². The van der Waals surface area contributed by atoms with Gasteiger partial charge in [-0.15, -0.1) is 11.3 Å². The zero-order valence-corrected chi connectivity index (χ0v) is 15.5. The van der Waals surface area contributed by atoms with E-state index in [4.69, 9.17) is 0 Å². The van der Waals surface area contributed by atoms with Gasteiger partial charge in [-0.25, -0.2) is 13.6 Å². The van der Waals surface area contributed by atoms with Crippen LogP contribution in [0, 0.1) is 17.6 Å². The average molecular weight is 393 g/mol. The molecule has 0 saturated carbocycles. The number of nitrogens with one attached hydrogen (secondary N) is 2. The number of hydrogen-bond acceptors (Lipinski definition) is 3. The van der Waals surface area contributed by atoms with Crippen molar-refractivity contribution in [1.82, 2.24) is 15.5 Å². The Hall–Kier alpha value is -2.48. The molecular formula is C19H21F2N3O2S. The molecule has 1 aliphatic rings. The van der Waals surface area contributed by atoms with E-state index < -0.39 is 11.6 Å². The Morgan fingerprint density at radius 1 is 1.11 bits per heavy atom. The zero-order chi connectivity index (χ0) is 19.2. The fraction of sp³-hybridized carbons (Fsp3) is 0.368. The Labute approximate surface area is 160 Å². The second kappa shape index (κ2) is 8.94. The first-order valence-electron chi connectivity index (χ1n) is 8.79. The first kappa shape index (κ1) is 19.3. The van der Waals surface area contributed by atoms with Crippen LogP contribution in [-0.2, 0) is 17.9 Å². The summed E-state index contributed by atoms with van der Waals surface area (Å²) >= 11 is 1.59. The van der Waals surface area contributed by atoms with Gasteiger partial charge in [-0.05, 0) is 30.4 Å². The molecular weight excluding hydrogens is 372 g/mol. The normalized spacial score (nSPS) is 14.8. The second-order valence-electron chi connectivity index (χ2n) is 6.45. The number of likely N-dealkylation sites (tertiary alicyclic amines) is 1. The van der Waals surface area contributed by atoms with Crippen molar-refractivity contribution >= 4 is 23.3 Å². The van der Waals surface area contributed by atoms with Gasteiger partial charge in [0.25, 0.3) is 0 Å². The lowest BCUT2D eigenvalue weighted by Crippen LogP contribution is -2.46. The van der Waals surface area contributed by atoms with E-state index in [0.29, 0.717) is 32.5 Å². The maximum atomic E-state index is 13.6. The number of carbonyl (C=O) groups is 2. The highest BCUT2D eigenvalue weighted by molar-refractivity contribution is 7.09. The van der Waals surface area contributed by atoms with Crippen LogP contribution in [-0.4, -0.2) is 29.9 Å². The Balaban J connectivity index is 1.41. The van der Waals surface area contributed by atoms with Gasteiger partial charge in [0.2, 0.25) is 5.91 Å². The van der Waals surface area contributed by atoms with Crippen LogP contribution in [0.5, 0.6) is 0 Å². The van der Waals surface area contributed by atoms with Crippen molar-refractivity contribution in [3.63, 3.8) is 0 Å². The zero-order valence-electron chi connectivity index (χ0n) is 14.7. The van der Waals surface area contributed by atoms with Crippen LogP contribution in [0.1, 0.15) is 23.3 Å². The first-order valence-corrected chi connectivity index (χ1v) is 9.67. The first-order chi connectivity index (χ1) is 13.0. The third-order valence-electron chi connectivity index (χ3n) is 4.62. The highest BCUT2D eigenvalue weighted by Crippen LogP contribution is 2.18. The molecule has 1 aromatic heterocycles. The molecule has 0 aliphatic carbocycles. The third kappa shape index (κ3) is 5.26. The molecule has 3 rings (SSSR count). The predicted molar refractivity (Wildman–Crippen MR) is 99.1 cm³/mol. The number of thiophene rings is 1. The summed E-state index contributed by atoms with van der Waals surface area (Å²) in [7, 11) is 0. The van der Waals surface area contributed by atoms with E-state index in [9.17, 15) is 18.4 Å². The molecule has 2 heterocycles. The molecule has 1 fully saturated rings. The van der Waals surface area contributed by atoms with Gasteiger partial charge in [0.05, 0.1) is 6.54 Å². The van der Waals surface area contributed by atoms with Gasteiger partial charge in [0.15, 0.2) is 0 Å². The molecule has 27 heavy (non-hydrogen) atoms. The number of nitrogens with zero attached hydrogens (tertiary/aromatic N) is 1. The van der Waals surface area contributed by atoms with Gasteiger partial charge >= 0.3 is 6.03 Å². The summed E-state index contributed by atoms with van der Waals surface area (Å²) in [6, 6.07) is 7.06. The maximum absolute atomic E-state index is 13.6. The lowest BCUT2D eigenvalue weighted by molar-refractivity contribution is -0.126. The van der Waals surface area contributed by atoms with Crippen molar-refractivity contribution in [1.29, 1.82) is 0 Å². The molecule has 2 aromatic rings. The SMILES string of the molecule is O=C(NCc1ccc(F)cc1F)C1CCN(C(=O)NCc2cccs2)CC1. The number of benzene rings is 1. The van der Waals surface area contributed by atoms with Gasteiger partial charge in [0.1, 0.15) is 11.6 Å². The van der Waals surface area contributed by atoms with E-state index in [1.54, 1.807) is 16.2 Å². The topological polar surface area (TPSA) is 61.4 Å². The Morgan fingerprint density at radius 3 is 2.56 bits per heavy atom. The van der Waals surface area contributed by atoms with Crippen molar-refractivity contribution in [2.45, 2.75) is 25.9 Å². The minimum atomic E-state index is -0.674. The third-order valence-corrected chi connectivity index (χ3v) is 5.49. The van der Waals surface area contributed by atoms with Gasteiger partial charge in [0, 0.05) is 42.1 Å². The van der Waals surface area contributed by atoms with Gasteiger partial charge in [-0.3, -0.25) is 4.79 Å². The molecule has 8 heteroatoms. The Kier molecular flexibility index (Phi) is 6.39. The Morgan fingerprint density at radius 2 is 1.89 bits per heavy atom. The number of carbonyl (C=O) groups excluding carboxylic acids is 2. The molecule has 0 bridgehead atoms. The average Bonchev–Trinajstić information content (AvgIpc) is 3.19. The highest BCUT2D eigenvalue weighted by atomic mass is 32.1. The molecule has 0 spiro atoms. The van der Waals surface area contributed by atoms with E-state index >= 15 is 0 Å². The fourth-order valence-electron chi connectivity index (χ4n) is 3.02. The quantitative estimate of drug-likeness (QED) is 0.819. The van der Waals surface area contributed by atoms with Crippen LogP contribution >= 0.6 is 11.3 Å². The minimum absolute atomic E-state index is 0.0203. The van der Waals surface area contributed by atoms with E-state index in [2.05, 4.69) is 10.6 Å². The van der Waals surface area contributed by atoms with E-state index in [1.807, 2.05) is 17.5 Å². The lowest BCUT2D eigenvalue weighted by atomic mass is 9.96. The standard InChI is InChI=1S/C19H21F2N3O2S/c20-15-4-3-14(17(21)10-15)11-22-18(25)13-5-7-24(8-6-13)19(26)23-12-16-2-1-9-27-16/h1-4,9-10,13H,5-8,11-12H2,(H,22,25)(H,23,26). The molecule has 3 amide bonds. The van der Waals surface area contributed by atoms with Gasteiger partial charge < -0.3 is 15.5 Å². The van der Waals surface area contributed by atoms with Crippen molar-refractivity contribution in [3.05, 3.63) is 57.8 Å². The van der Waals surface area contributed by atoms with Crippen LogP contribution < -0.4 is 10.6 Å². The molecule has 1 saturated heterocycles. The molecule has 0 atom stereocenters. The maximum Gasteiger partial charge on any atom is 0.317 e. The smallest absolute Gasteiger partial charge is 0.317 e. The van der Waals surface area contributed by atoms with Crippen LogP contribution in [0.25, 0.3) is 0 Å². The summed E-state index contributed by atoms with van der Waals surface area (Å²) in [5, 5.41) is 7.54. The monoisotopic (exact) mass is 393 g/mol. The fourth-order valence-corrected chi connectivity index (χ4v) is 3.67. The molecule has 1 aromatic carbocycles. The molecule has 1 aliphatic heterocycles.